The van der Waals surface area contributed by atoms with Crippen LogP contribution in [0, 0.1) is 0 Å². The molecule has 3 nitrogen and oxygen atoms in total. The summed E-state index contributed by atoms with van der Waals surface area (Å²) in [4.78, 5) is 20.8. The Morgan fingerprint density at radius 1 is 1.30 bits per heavy atom. The van der Waals surface area contributed by atoms with Crippen LogP contribution in [-0.4, -0.2) is 18.9 Å². The average molecular weight is 147 g/mol. The number of hydrogen-bond acceptors (Lipinski definition) is 3. The van der Waals surface area contributed by atoms with Gasteiger partial charge in [-0.3, -0.25) is 4.79 Å². The Morgan fingerprint density at radius 2 is 1.90 bits per heavy atom. The van der Waals surface area contributed by atoms with Crippen molar-refractivity contribution in [1.29, 1.82) is 0 Å². The van der Waals surface area contributed by atoms with E-state index in [-0.39, 0.29) is 11.8 Å². The quantitative estimate of drug-likeness (QED) is 0.438. The van der Waals surface area contributed by atoms with Gasteiger partial charge < -0.3 is 9.53 Å². The lowest BCUT2D eigenvalue weighted by Gasteiger charge is -1.95. The molecule has 58 valence electrons. The molecule has 0 aromatic heterocycles. The van der Waals surface area contributed by atoms with E-state index in [1.54, 1.807) is 0 Å². The monoisotopic (exact) mass is 147 g/mol. The topological polar surface area (TPSA) is 43.4 Å². The molecule has 0 spiro atoms. The van der Waals surface area contributed by atoms with E-state index in [1.165, 1.54) is 14.0 Å². The number of hydrogen-bond donors (Lipinski definition) is 0. The highest BCUT2D eigenvalue weighted by Crippen LogP contribution is 1.96. The summed E-state index contributed by atoms with van der Waals surface area (Å²) in [6.07, 6.45) is 1.41. The molecule has 0 aromatic carbocycles. The van der Waals surface area contributed by atoms with Crippen molar-refractivity contribution in [3.05, 3.63) is 0 Å². The average Bonchev–Trinajstić information content (AvgIpc) is 1.87. The Kier molecular flexibility index (Phi) is 4.54. The van der Waals surface area contributed by atoms with E-state index >= 15 is 0 Å². The number of methoxy groups -OCH3 is 1. The molecule has 0 aliphatic carbocycles. The molecule has 0 radical (unpaired) electrons. The number of ether oxygens (including phenoxy) is 1. The van der Waals surface area contributed by atoms with E-state index < -0.39 is 0 Å². The van der Waals surface area contributed by atoms with Crippen molar-refractivity contribution in [3.8, 4) is 0 Å². The van der Waals surface area contributed by atoms with Crippen molar-refractivity contribution in [2.24, 2.45) is 0 Å². The lowest BCUT2D eigenvalue weighted by atomic mass is 10.4. The van der Waals surface area contributed by atoms with E-state index in [4.69, 9.17) is 0 Å². The molecule has 0 fully saturated rings. The smallest absolute Gasteiger partial charge is 0.305 e. The Bertz CT molecular complexity index is 129. The maximum Gasteiger partial charge on any atom is 0.305 e. The Hall–Kier alpha value is -0.860. The van der Waals surface area contributed by atoms with Crippen LogP contribution in [0.2, 0.25) is 0 Å². The van der Waals surface area contributed by atoms with Crippen LogP contribution in [0.1, 0.15) is 26.2 Å². The van der Waals surface area contributed by atoms with Crippen molar-refractivity contribution < 1.29 is 14.3 Å². The highest BCUT2D eigenvalue weighted by Gasteiger charge is 2.00. The van der Waals surface area contributed by atoms with Crippen molar-refractivity contribution in [3.63, 3.8) is 0 Å². The number of Topliss-reactive ketones (excluding diaryl/α,β-unsaturated/α-hetero) is 1. The van der Waals surface area contributed by atoms with Crippen LogP contribution in [0.15, 0.2) is 0 Å². The molecule has 0 heterocycles. The van der Waals surface area contributed by atoms with Gasteiger partial charge in [0.15, 0.2) is 0 Å². The SMILES string of the molecule is CO[13C](=O)CCC[13C]([13CH3])=O. The minimum atomic E-state index is -0.249. The first-order chi connectivity index (χ1) is 4.66. The molecule has 0 aromatic rings. The van der Waals surface area contributed by atoms with Crippen LogP contribution in [-0.2, 0) is 14.3 Å². The lowest BCUT2D eigenvalue weighted by Crippen LogP contribution is -2.00. The summed E-state index contributed by atoms with van der Waals surface area (Å²) < 4.78 is 4.38. The predicted octanol–water partition coefficient (Wildman–Crippen LogP) is 0.919. The second-order valence-electron chi connectivity index (χ2n) is 2.13. The molecule has 0 unspecified atom stereocenters. The van der Waals surface area contributed by atoms with Gasteiger partial charge in [0, 0.05) is 12.8 Å². The molecule has 0 N–H and O–H groups in total. The highest BCUT2D eigenvalue weighted by atomic mass is 16.6. The fourth-order valence-corrected chi connectivity index (χ4v) is 0.584. The van der Waals surface area contributed by atoms with Crippen LogP contribution < -0.4 is 0 Å². The summed E-state index contributed by atoms with van der Waals surface area (Å²) in [6.45, 7) is 1.51. The molecule has 3 heteroatoms. The first-order valence-electron chi connectivity index (χ1n) is 3.23. The highest BCUT2D eigenvalue weighted by molar-refractivity contribution is 5.76. The Labute approximate surface area is 60.4 Å². The molecule has 0 saturated carbocycles. The molecular formula is C7H12O3. The molecule has 0 rings (SSSR count). The third kappa shape index (κ3) is 5.28. The van der Waals surface area contributed by atoms with E-state index in [1.807, 2.05) is 0 Å². The number of ketones is 1. The molecule has 0 atom stereocenters. The van der Waals surface area contributed by atoms with E-state index in [2.05, 4.69) is 4.74 Å². The Balaban J connectivity index is 3.20. The number of carbonyl (C=O) groups is 2. The van der Waals surface area contributed by atoms with E-state index in [0.717, 1.165) is 0 Å². The summed E-state index contributed by atoms with van der Waals surface area (Å²) in [6, 6.07) is 0. The molecule has 0 amide bonds. The van der Waals surface area contributed by atoms with Gasteiger partial charge in [0.2, 0.25) is 0 Å². The minimum Gasteiger partial charge on any atom is -0.469 e. The van der Waals surface area contributed by atoms with Crippen molar-refractivity contribution in [1.82, 2.24) is 0 Å². The maximum absolute atomic E-state index is 10.5. The summed E-state index contributed by atoms with van der Waals surface area (Å²) in [5, 5.41) is 0. The molecule has 0 aliphatic heterocycles. The van der Waals surface area contributed by atoms with Crippen LogP contribution >= 0.6 is 0 Å². The zero-order valence-corrected chi connectivity index (χ0v) is 6.35. The number of carbonyl (C=O) groups excluding carboxylic acids is 2. The summed E-state index contributed by atoms with van der Waals surface area (Å²) in [7, 11) is 1.34. The summed E-state index contributed by atoms with van der Waals surface area (Å²) >= 11 is 0. The van der Waals surface area contributed by atoms with Crippen LogP contribution in [0.4, 0.5) is 0 Å². The van der Waals surface area contributed by atoms with Gasteiger partial charge in [-0.05, 0) is 13.3 Å². The summed E-state index contributed by atoms with van der Waals surface area (Å²) in [5.74, 6) is -0.134. The van der Waals surface area contributed by atoms with Gasteiger partial charge in [0.25, 0.3) is 0 Å². The van der Waals surface area contributed by atoms with Gasteiger partial charge in [-0.25, -0.2) is 0 Å². The van der Waals surface area contributed by atoms with E-state index in [9.17, 15) is 9.59 Å². The molecule has 0 aliphatic rings. The van der Waals surface area contributed by atoms with Crippen LogP contribution in [0.25, 0.3) is 0 Å². The lowest BCUT2D eigenvalue weighted by molar-refractivity contribution is -0.140. The summed E-state index contributed by atoms with van der Waals surface area (Å²) in [5.41, 5.74) is 0. The fourth-order valence-electron chi connectivity index (χ4n) is 0.584. The maximum atomic E-state index is 10.5. The largest absolute Gasteiger partial charge is 0.469 e. The van der Waals surface area contributed by atoms with Gasteiger partial charge in [0.05, 0.1) is 7.11 Å². The van der Waals surface area contributed by atoms with E-state index in [0.29, 0.717) is 19.3 Å². The first-order valence-corrected chi connectivity index (χ1v) is 3.23. The molecular weight excluding hydrogens is 135 g/mol. The zero-order chi connectivity index (χ0) is 7.98. The molecule has 0 bridgehead atoms. The fraction of sp³-hybridized carbons (Fsp3) is 0.714. The van der Waals surface area contributed by atoms with Gasteiger partial charge in [0.1, 0.15) is 5.78 Å². The first kappa shape index (κ1) is 9.14. The van der Waals surface area contributed by atoms with Gasteiger partial charge in [-0.15, -0.1) is 0 Å². The predicted molar refractivity (Wildman–Crippen MR) is 36.5 cm³/mol. The standard InChI is InChI=1S/C7H12O3/c1-6(8)4-3-5-7(9)10-2/h3-5H2,1-2H3/i1+1,6+1,7+1. The minimum absolute atomic E-state index is 0.115. The van der Waals surface area contributed by atoms with Crippen LogP contribution in [0.5, 0.6) is 0 Å². The molecule has 10 heavy (non-hydrogen) atoms. The normalized spacial score (nSPS) is 9.00. The Morgan fingerprint density at radius 3 is 2.30 bits per heavy atom. The number of rotatable bonds is 4. The zero-order valence-electron chi connectivity index (χ0n) is 6.35. The molecule has 0 saturated heterocycles. The van der Waals surface area contributed by atoms with Gasteiger partial charge >= 0.3 is 5.97 Å². The van der Waals surface area contributed by atoms with Crippen LogP contribution in [0.3, 0.4) is 0 Å². The van der Waals surface area contributed by atoms with Gasteiger partial charge in [-0.2, -0.15) is 0 Å². The number of esters is 1. The van der Waals surface area contributed by atoms with Crippen molar-refractivity contribution in [2.75, 3.05) is 7.11 Å². The third-order valence-corrected chi connectivity index (χ3v) is 1.14. The second-order valence-corrected chi connectivity index (χ2v) is 2.13. The van der Waals surface area contributed by atoms with Gasteiger partial charge in [-0.1, -0.05) is 0 Å². The van der Waals surface area contributed by atoms with Crippen molar-refractivity contribution in [2.45, 2.75) is 26.2 Å². The second kappa shape index (κ2) is 4.97. The third-order valence-electron chi connectivity index (χ3n) is 1.14. The van der Waals surface area contributed by atoms with Crippen molar-refractivity contribution >= 4 is 11.8 Å².